The highest BCUT2D eigenvalue weighted by Gasteiger charge is 2.22. The number of aromatic nitrogens is 1. The second-order valence-electron chi connectivity index (χ2n) is 3.92. The van der Waals surface area contributed by atoms with E-state index in [9.17, 15) is 4.79 Å². The SMILES string of the molecule is N=C(N)c1ccc(SCC(=O)NC2CC2)cn1. The quantitative estimate of drug-likeness (QED) is 0.408. The number of thioether (sulfide) groups is 1. The Morgan fingerprint density at radius 3 is 2.88 bits per heavy atom. The Labute approximate surface area is 104 Å². The van der Waals surface area contributed by atoms with Crippen LogP contribution in [0.25, 0.3) is 0 Å². The van der Waals surface area contributed by atoms with Gasteiger partial charge in [0.1, 0.15) is 11.5 Å². The van der Waals surface area contributed by atoms with Gasteiger partial charge >= 0.3 is 0 Å². The lowest BCUT2D eigenvalue weighted by Gasteiger charge is -2.03. The lowest BCUT2D eigenvalue weighted by molar-refractivity contribution is -0.118. The van der Waals surface area contributed by atoms with Gasteiger partial charge in [0.2, 0.25) is 5.91 Å². The fourth-order valence-electron chi connectivity index (χ4n) is 1.27. The zero-order valence-corrected chi connectivity index (χ0v) is 10.1. The minimum absolute atomic E-state index is 0.0481. The van der Waals surface area contributed by atoms with Crippen LogP contribution in [-0.4, -0.2) is 28.5 Å². The first-order valence-corrected chi connectivity index (χ1v) is 6.36. The molecule has 0 saturated heterocycles. The van der Waals surface area contributed by atoms with E-state index in [4.69, 9.17) is 11.1 Å². The molecule has 5 nitrogen and oxygen atoms in total. The van der Waals surface area contributed by atoms with Crippen molar-refractivity contribution in [3.8, 4) is 0 Å². The van der Waals surface area contributed by atoms with E-state index in [0.29, 0.717) is 17.5 Å². The van der Waals surface area contributed by atoms with Crippen LogP contribution in [0.2, 0.25) is 0 Å². The Hall–Kier alpha value is -1.56. The van der Waals surface area contributed by atoms with Crippen LogP contribution in [0.4, 0.5) is 0 Å². The predicted molar refractivity (Wildman–Crippen MR) is 67.1 cm³/mol. The van der Waals surface area contributed by atoms with Crippen LogP contribution in [0.1, 0.15) is 18.5 Å². The molecule has 2 rings (SSSR count). The molecule has 0 radical (unpaired) electrons. The summed E-state index contributed by atoms with van der Waals surface area (Å²) in [5.41, 5.74) is 5.75. The molecule has 0 unspecified atom stereocenters. The van der Waals surface area contributed by atoms with Gasteiger partial charge in [0, 0.05) is 17.1 Å². The zero-order chi connectivity index (χ0) is 12.3. The number of hydrogen-bond donors (Lipinski definition) is 3. The minimum Gasteiger partial charge on any atom is -0.382 e. The van der Waals surface area contributed by atoms with Crippen LogP contribution in [0, 0.1) is 5.41 Å². The standard InChI is InChI=1S/C11H14N4OS/c12-11(13)9-4-3-8(5-14-9)17-6-10(16)15-7-1-2-7/h3-5,7H,1-2,6H2,(H3,12,13)(H,15,16). The summed E-state index contributed by atoms with van der Waals surface area (Å²) >= 11 is 1.43. The molecule has 0 spiro atoms. The highest BCUT2D eigenvalue weighted by atomic mass is 32.2. The second-order valence-corrected chi connectivity index (χ2v) is 4.97. The fraction of sp³-hybridized carbons (Fsp3) is 0.364. The van der Waals surface area contributed by atoms with Crippen molar-refractivity contribution in [2.24, 2.45) is 5.73 Å². The normalized spacial score (nSPS) is 14.4. The van der Waals surface area contributed by atoms with E-state index < -0.39 is 0 Å². The number of hydrogen-bond acceptors (Lipinski definition) is 4. The first-order chi connectivity index (χ1) is 8.15. The van der Waals surface area contributed by atoms with Gasteiger partial charge in [-0.25, -0.2) is 0 Å². The minimum atomic E-state index is -0.0481. The third-order valence-electron chi connectivity index (χ3n) is 2.32. The molecule has 1 aromatic heterocycles. The van der Waals surface area contributed by atoms with Gasteiger partial charge in [-0.15, -0.1) is 11.8 Å². The maximum atomic E-state index is 11.4. The highest BCUT2D eigenvalue weighted by molar-refractivity contribution is 8.00. The van der Waals surface area contributed by atoms with Crippen LogP contribution in [0.5, 0.6) is 0 Å². The second kappa shape index (κ2) is 5.18. The largest absolute Gasteiger partial charge is 0.382 e. The number of nitrogens with zero attached hydrogens (tertiary/aromatic N) is 1. The van der Waals surface area contributed by atoms with Crippen LogP contribution in [0.3, 0.4) is 0 Å². The number of carbonyl (C=O) groups is 1. The zero-order valence-electron chi connectivity index (χ0n) is 9.27. The Morgan fingerprint density at radius 1 is 1.59 bits per heavy atom. The van der Waals surface area contributed by atoms with Crippen molar-refractivity contribution in [3.05, 3.63) is 24.0 Å². The van der Waals surface area contributed by atoms with Gasteiger partial charge < -0.3 is 11.1 Å². The number of amides is 1. The van der Waals surface area contributed by atoms with Crippen LogP contribution < -0.4 is 11.1 Å². The Bertz CT molecular complexity index is 428. The summed E-state index contributed by atoms with van der Waals surface area (Å²) in [4.78, 5) is 16.4. The molecule has 1 amide bonds. The Morgan fingerprint density at radius 2 is 2.35 bits per heavy atom. The van der Waals surface area contributed by atoms with Crippen molar-refractivity contribution >= 4 is 23.5 Å². The Balaban J connectivity index is 1.81. The van der Waals surface area contributed by atoms with E-state index in [1.54, 1.807) is 12.3 Å². The number of carbonyl (C=O) groups excluding carboxylic acids is 1. The molecular weight excluding hydrogens is 236 g/mol. The molecule has 4 N–H and O–H groups in total. The summed E-state index contributed by atoms with van der Waals surface area (Å²) in [7, 11) is 0. The van der Waals surface area contributed by atoms with E-state index >= 15 is 0 Å². The molecule has 0 atom stereocenters. The third-order valence-corrected chi connectivity index (χ3v) is 3.31. The smallest absolute Gasteiger partial charge is 0.230 e. The molecule has 1 aliphatic rings. The number of nitrogens with two attached hydrogens (primary N) is 1. The Kier molecular flexibility index (Phi) is 3.63. The van der Waals surface area contributed by atoms with Crippen LogP contribution >= 0.6 is 11.8 Å². The summed E-state index contributed by atoms with van der Waals surface area (Å²) in [6.45, 7) is 0. The molecular formula is C11H14N4OS. The lowest BCUT2D eigenvalue weighted by Crippen LogP contribution is -2.26. The molecule has 17 heavy (non-hydrogen) atoms. The monoisotopic (exact) mass is 250 g/mol. The van der Waals surface area contributed by atoms with Gasteiger partial charge in [0.05, 0.1) is 5.75 Å². The number of pyridine rings is 1. The molecule has 0 bridgehead atoms. The van der Waals surface area contributed by atoms with Gasteiger partial charge in [-0.3, -0.25) is 15.2 Å². The lowest BCUT2D eigenvalue weighted by atomic mass is 10.3. The van der Waals surface area contributed by atoms with E-state index in [1.807, 2.05) is 6.07 Å². The van der Waals surface area contributed by atoms with Crippen molar-refractivity contribution < 1.29 is 4.79 Å². The molecule has 90 valence electrons. The van der Waals surface area contributed by atoms with Gasteiger partial charge in [-0.1, -0.05) is 0 Å². The summed E-state index contributed by atoms with van der Waals surface area (Å²) in [6.07, 6.45) is 3.84. The first kappa shape index (κ1) is 11.9. The molecule has 1 heterocycles. The maximum absolute atomic E-state index is 11.4. The molecule has 1 fully saturated rings. The van der Waals surface area contributed by atoms with Crippen molar-refractivity contribution in [1.82, 2.24) is 10.3 Å². The summed E-state index contributed by atoms with van der Waals surface area (Å²) in [6, 6.07) is 3.91. The third kappa shape index (κ3) is 3.74. The topological polar surface area (TPSA) is 91.9 Å². The first-order valence-electron chi connectivity index (χ1n) is 5.38. The summed E-state index contributed by atoms with van der Waals surface area (Å²) in [5.74, 6) is 0.415. The summed E-state index contributed by atoms with van der Waals surface area (Å²) in [5, 5.41) is 10.1. The highest BCUT2D eigenvalue weighted by Crippen LogP contribution is 2.20. The van der Waals surface area contributed by atoms with Gasteiger partial charge in [-0.2, -0.15) is 0 Å². The molecule has 0 aromatic carbocycles. The number of nitrogen functional groups attached to an aromatic ring is 1. The fourth-order valence-corrected chi connectivity index (χ4v) is 1.94. The van der Waals surface area contributed by atoms with Crippen LogP contribution in [0.15, 0.2) is 23.2 Å². The average Bonchev–Trinajstić information content (AvgIpc) is 3.11. The molecule has 1 aliphatic carbocycles. The van der Waals surface area contributed by atoms with Crippen molar-refractivity contribution in [2.75, 3.05) is 5.75 Å². The molecule has 0 aliphatic heterocycles. The molecule has 1 aromatic rings. The predicted octanol–water partition coefficient (Wildman–Crippen LogP) is 0.736. The van der Waals surface area contributed by atoms with E-state index in [2.05, 4.69) is 10.3 Å². The maximum Gasteiger partial charge on any atom is 0.230 e. The number of nitrogens with one attached hydrogen (secondary N) is 2. The van der Waals surface area contributed by atoms with E-state index in [-0.39, 0.29) is 11.7 Å². The van der Waals surface area contributed by atoms with Crippen molar-refractivity contribution in [2.45, 2.75) is 23.8 Å². The van der Waals surface area contributed by atoms with Crippen molar-refractivity contribution in [3.63, 3.8) is 0 Å². The molecule has 1 saturated carbocycles. The number of rotatable bonds is 5. The van der Waals surface area contributed by atoms with Gasteiger partial charge in [-0.05, 0) is 25.0 Å². The van der Waals surface area contributed by atoms with E-state index in [0.717, 1.165) is 17.7 Å². The van der Waals surface area contributed by atoms with E-state index in [1.165, 1.54) is 11.8 Å². The number of amidine groups is 1. The average molecular weight is 250 g/mol. The summed E-state index contributed by atoms with van der Waals surface area (Å²) < 4.78 is 0. The van der Waals surface area contributed by atoms with Gasteiger partial charge in [0.25, 0.3) is 0 Å². The molecule has 6 heteroatoms. The van der Waals surface area contributed by atoms with Crippen molar-refractivity contribution in [1.29, 1.82) is 5.41 Å². The van der Waals surface area contributed by atoms with Crippen LogP contribution in [-0.2, 0) is 4.79 Å². The van der Waals surface area contributed by atoms with Gasteiger partial charge in [0.15, 0.2) is 0 Å².